The van der Waals surface area contributed by atoms with Crippen LogP contribution in [0.4, 0.5) is 5.88 Å². The SMILES string of the molecule is CCOc1cc(C=Nc2oc(C)c(C)c2C#N)cc(I)c1OCc1ccc(Cl)cc1. The number of rotatable bonds is 7. The maximum absolute atomic E-state index is 9.34. The molecule has 0 atom stereocenters. The topological polar surface area (TPSA) is 67.8 Å². The fraction of sp³-hybridized carbons (Fsp3) is 0.217. The first kappa shape index (κ1) is 22.2. The summed E-state index contributed by atoms with van der Waals surface area (Å²) in [7, 11) is 0. The summed E-state index contributed by atoms with van der Waals surface area (Å²) in [6, 6.07) is 13.5. The van der Waals surface area contributed by atoms with Crippen molar-refractivity contribution in [3.05, 3.63) is 73.0 Å². The van der Waals surface area contributed by atoms with Gasteiger partial charge < -0.3 is 13.9 Å². The minimum absolute atomic E-state index is 0.309. The Morgan fingerprint density at radius 1 is 1.20 bits per heavy atom. The van der Waals surface area contributed by atoms with Gasteiger partial charge in [0.05, 0.1) is 10.2 Å². The molecule has 0 spiro atoms. The predicted octanol–water partition coefficient (Wildman–Crippen LogP) is 6.75. The van der Waals surface area contributed by atoms with E-state index < -0.39 is 0 Å². The number of nitriles is 1. The van der Waals surface area contributed by atoms with Gasteiger partial charge in [-0.3, -0.25) is 0 Å². The van der Waals surface area contributed by atoms with Gasteiger partial charge in [-0.2, -0.15) is 5.26 Å². The molecule has 0 saturated heterocycles. The second-order valence-corrected chi connectivity index (χ2v) is 8.11. The monoisotopic (exact) mass is 534 g/mol. The Morgan fingerprint density at radius 2 is 1.93 bits per heavy atom. The summed E-state index contributed by atoms with van der Waals surface area (Å²) in [5.74, 6) is 2.30. The third-order valence-electron chi connectivity index (χ3n) is 4.44. The van der Waals surface area contributed by atoms with Crippen molar-refractivity contribution in [2.24, 2.45) is 4.99 Å². The summed E-state index contributed by atoms with van der Waals surface area (Å²) >= 11 is 8.16. The van der Waals surface area contributed by atoms with Gasteiger partial charge >= 0.3 is 0 Å². The molecule has 1 heterocycles. The maximum atomic E-state index is 9.34. The molecule has 0 unspecified atom stereocenters. The lowest BCUT2D eigenvalue weighted by atomic mass is 10.2. The van der Waals surface area contributed by atoms with Crippen LogP contribution in [0.3, 0.4) is 0 Å². The molecule has 3 rings (SSSR count). The number of hydrogen-bond donors (Lipinski definition) is 0. The van der Waals surface area contributed by atoms with Gasteiger partial charge in [0.1, 0.15) is 24.0 Å². The summed E-state index contributed by atoms with van der Waals surface area (Å²) in [4.78, 5) is 4.38. The van der Waals surface area contributed by atoms with Crippen molar-refractivity contribution in [2.75, 3.05) is 6.61 Å². The van der Waals surface area contributed by atoms with Gasteiger partial charge in [0.25, 0.3) is 0 Å². The zero-order chi connectivity index (χ0) is 21.7. The number of halogens is 2. The van der Waals surface area contributed by atoms with Gasteiger partial charge in [-0.25, -0.2) is 4.99 Å². The molecule has 0 aliphatic carbocycles. The highest BCUT2D eigenvalue weighted by Gasteiger charge is 2.15. The van der Waals surface area contributed by atoms with Crippen LogP contribution in [-0.4, -0.2) is 12.8 Å². The predicted molar refractivity (Wildman–Crippen MR) is 126 cm³/mol. The Balaban J connectivity index is 1.86. The van der Waals surface area contributed by atoms with Gasteiger partial charge in [0.2, 0.25) is 5.88 Å². The third kappa shape index (κ3) is 5.15. The summed E-state index contributed by atoms with van der Waals surface area (Å²) in [5, 5.41) is 10.0. The molecule has 0 fully saturated rings. The second-order valence-electron chi connectivity index (χ2n) is 6.51. The minimum Gasteiger partial charge on any atom is -0.490 e. The number of aryl methyl sites for hydroxylation is 1. The first-order valence-electron chi connectivity index (χ1n) is 9.30. The van der Waals surface area contributed by atoms with E-state index in [2.05, 4.69) is 33.7 Å². The minimum atomic E-state index is 0.309. The highest BCUT2D eigenvalue weighted by Crippen LogP contribution is 2.35. The molecule has 7 heteroatoms. The van der Waals surface area contributed by atoms with Crippen molar-refractivity contribution >= 4 is 46.3 Å². The van der Waals surface area contributed by atoms with Gasteiger partial charge in [-0.15, -0.1) is 0 Å². The molecule has 0 aliphatic heterocycles. The summed E-state index contributed by atoms with van der Waals surface area (Å²) in [5.41, 5.74) is 3.08. The molecule has 0 radical (unpaired) electrons. The highest BCUT2D eigenvalue weighted by molar-refractivity contribution is 14.1. The van der Waals surface area contributed by atoms with Gasteiger partial charge in [-0.1, -0.05) is 23.7 Å². The molecular weight excluding hydrogens is 515 g/mol. The Morgan fingerprint density at radius 3 is 2.60 bits per heavy atom. The fourth-order valence-electron chi connectivity index (χ4n) is 2.77. The lowest BCUT2D eigenvalue weighted by Crippen LogP contribution is -2.02. The lowest BCUT2D eigenvalue weighted by Gasteiger charge is -2.14. The summed E-state index contributed by atoms with van der Waals surface area (Å²) in [6.45, 7) is 6.49. The third-order valence-corrected chi connectivity index (χ3v) is 5.49. The number of benzene rings is 2. The molecule has 0 amide bonds. The second kappa shape index (κ2) is 10.0. The average Bonchev–Trinajstić information content (AvgIpc) is 3.00. The van der Waals surface area contributed by atoms with Gasteiger partial charge in [-0.05, 0) is 78.8 Å². The van der Waals surface area contributed by atoms with Crippen LogP contribution in [0.15, 0.2) is 45.8 Å². The number of furan rings is 1. The standard InChI is InChI=1S/C23H20ClIN2O3/c1-4-28-21-10-17(12-27-23-19(11-26)14(2)15(3)30-23)9-20(25)22(21)29-13-16-5-7-18(24)8-6-16/h5-10,12H,4,13H2,1-3H3. The van der Waals surface area contributed by atoms with Crippen LogP contribution in [0, 0.1) is 28.7 Å². The van der Waals surface area contributed by atoms with E-state index in [1.807, 2.05) is 57.2 Å². The zero-order valence-corrected chi connectivity index (χ0v) is 19.7. The van der Waals surface area contributed by atoms with E-state index in [0.717, 1.165) is 20.3 Å². The van der Waals surface area contributed by atoms with Crippen LogP contribution in [0.25, 0.3) is 0 Å². The van der Waals surface area contributed by atoms with Crippen LogP contribution in [0.2, 0.25) is 5.02 Å². The van der Waals surface area contributed by atoms with Crippen LogP contribution >= 0.6 is 34.2 Å². The highest BCUT2D eigenvalue weighted by atomic mass is 127. The quantitative estimate of drug-likeness (QED) is 0.248. The van der Waals surface area contributed by atoms with E-state index in [-0.39, 0.29) is 0 Å². The number of ether oxygens (including phenoxy) is 2. The zero-order valence-electron chi connectivity index (χ0n) is 16.8. The Bertz CT molecular complexity index is 1110. The van der Waals surface area contributed by atoms with Crippen molar-refractivity contribution in [1.29, 1.82) is 5.26 Å². The van der Waals surface area contributed by atoms with E-state index in [0.29, 0.717) is 46.9 Å². The summed E-state index contributed by atoms with van der Waals surface area (Å²) < 4.78 is 18.3. The molecule has 0 aliphatic rings. The smallest absolute Gasteiger partial charge is 0.237 e. The van der Waals surface area contributed by atoms with Crippen LogP contribution in [0.5, 0.6) is 11.5 Å². The Labute approximate surface area is 194 Å². The van der Waals surface area contributed by atoms with E-state index in [9.17, 15) is 5.26 Å². The molecule has 30 heavy (non-hydrogen) atoms. The number of hydrogen-bond acceptors (Lipinski definition) is 5. The molecule has 1 aromatic heterocycles. The molecule has 0 bridgehead atoms. The van der Waals surface area contributed by atoms with E-state index >= 15 is 0 Å². The van der Waals surface area contributed by atoms with Crippen molar-refractivity contribution in [3.8, 4) is 17.6 Å². The van der Waals surface area contributed by atoms with Crippen molar-refractivity contribution in [1.82, 2.24) is 0 Å². The van der Waals surface area contributed by atoms with Crippen LogP contribution in [-0.2, 0) is 6.61 Å². The first-order chi connectivity index (χ1) is 14.4. The lowest BCUT2D eigenvalue weighted by molar-refractivity contribution is 0.267. The Kier molecular flexibility index (Phi) is 7.40. The van der Waals surface area contributed by atoms with E-state index in [1.54, 1.807) is 6.21 Å². The molecule has 3 aromatic rings. The average molecular weight is 535 g/mol. The molecule has 2 aromatic carbocycles. The normalized spacial score (nSPS) is 10.9. The molecule has 5 nitrogen and oxygen atoms in total. The van der Waals surface area contributed by atoms with Crippen molar-refractivity contribution in [3.63, 3.8) is 0 Å². The molecule has 154 valence electrons. The van der Waals surface area contributed by atoms with Crippen molar-refractivity contribution < 1.29 is 13.9 Å². The molecular formula is C23H20ClIN2O3. The summed E-state index contributed by atoms with van der Waals surface area (Å²) in [6.07, 6.45) is 1.66. The van der Waals surface area contributed by atoms with Crippen molar-refractivity contribution in [2.45, 2.75) is 27.4 Å². The maximum Gasteiger partial charge on any atom is 0.237 e. The first-order valence-corrected chi connectivity index (χ1v) is 10.8. The number of nitrogens with zero attached hydrogens (tertiary/aromatic N) is 2. The van der Waals surface area contributed by atoms with E-state index in [4.69, 9.17) is 25.5 Å². The van der Waals surface area contributed by atoms with Gasteiger partial charge in [0.15, 0.2) is 11.5 Å². The fourth-order valence-corrected chi connectivity index (χ4v) is 3.67. The largest absolute Gasteiger partial charge is 0.490 e. The van der Waals surface area contributed by atoms with Crippen LogP contribution in [0.1, 0.15) is 34.9 Å². The molecule has 0 saturated carbocycles. The van der Waals surface area contributed by atoms with Gasteiger partial charge in [0, 0.05) is 16.8 Å². The van der Waals surface area contributed by atoms with Crippen LogP contribution < -0.4 is 9.47 Å². The Hall–Kier alpha value is -2.50. The van der Waals surface area contributed by atoms with E-state index in [1.165, 1.54) is 0 Å². The number of aliphatic imine (C=N–C) groups is 1. The molecule has 0 N–H and O–H groups in total.